The first kappa shape index (κ1) is 8.99. The van der Waals surface area contributed by atoms with Crippen LogP contribution in [0.1, 0.15) is 13.3 Å². The largest absolute Gasteiger partial charge is 0.370 e. The summed E-state index contributed by atoms with van der Waals surface area (Å²) in [4.78, 5) is 8.08. The van der Waals surface area contributed by atoms with Crippen molar-refractivity contribution < 1.29 is 0 Å². The van der Waals surface area contributed by atoms with Crippen molar-refractivity contribution in [3.63, 3.8) is 0 Å². The van der Waals surface area contributed by atoms with E-state index in [1.807, 2.05) is 5.38 Å². The van der Waals surface area contributed by atoms with Gasteiger partial charge in [-0.2, -0.15) is 0 Å². The molecule has 1 heterocycles. The molecule has 0 atom stereocenters. The number of hydrogen-bond donors (Lipinski definition) is 2. The first-order valence-electron chi connectivity index (χ1n) is 3.79. The van der Waals surface area contributed by atoms with E-state index in [1.165, 1.54) is 11.3 Å². The third-order valence-electron chi connectivity index (χ3n) is 1.17. The SMILES string of the molecule is CCCN=C(N)Nc1nccs1. The van der Waals surface area contributed by atoms with E-state index in [9.17, 15) is 0 Å². The molecule has 0 bridgehead atoms. The molecular weight excluding hydrogens is 172 g/mol. The summed E-state index contributed by atoms with van der Waals surface area (Å²) in [6.07, 6.45) is 2.72. The van der Waals surface area contributed by atoms with Crippen LogP contribution in [0, 0.1) is 0 Å². The number of aromatic nitrogens is 1. The lowest BCUT2D eigenvalue weighted by molar-refractivity contribution is 0.929. The molecule has 0 saturated carbocycles. The highest BCUT2D eigenvalue weighted by atomic mass is 32.1. The fourth-order valence-electron chi connectivity index (χ4n) is 0.667. The maximum Gasteiger partial charge on any atom is 0.194 e. The Balaban J connectivity index is 2.41. The Kier molecular flexibility index (Phi) is 3.53. The summed E-state index contributed by atoms with van der Waals surface area (Å²) in [5.74, 6) is 0.437. The summed E-state index contributed by atoms with van der Waals surface area (Å²) in [6.45, 7) is 2.81. The summed E-state index contributed by atoms with van der Waals surface area (Å²) >= 11 is 1.50. The van der Waals surface area contributed by atoms with Crippen molar-refractivity contribution in [1.29, 1.82) is 0 Å². The van der Waals surface area contributed by atoms with Crippen LogP contribution in [-0.4, -0.2) is 17.5 Å². The monoisotopic (exact) mass is 184 g/mol. The van der Waals surface area contributed by atoms with Crippen LogP contribution in [0.2, 0.25) is 0 Å². The Bertz CT molecular complexity index is 242. The van der Waals surface area contributed by atoms with Gasteiger partial charge in [0.15, 0.2) is 11.1 Å². The summed E-state index contributed by atoms with van der Waals surface area (Å²) in [7, 11) is 0. The van der Waals surface area contributed by atoms with Gasteiger partial charge in [-0.1, -0.05) is 6.92 Å². The average molecular weight is 184 g/mol. The average Bonchev–Trinajstić information content (AvgIpc) is 2.53. The first-order chi connectivity index (χ1) is 5.83. The second-order valence-electron chi connectivity index (χ2n) is 2.23. The molecule has 0 saturated heterocycles. The van der Waals surface area contributed by atoms with Gasteiger partial charge in [0.25, 0.3) is 0 Å². The molecule has 0 unspecified atom stereocenters. The van der Waals surface area contributed by atoms with Gasteiger partial charge in [-0.15, -0.1) is 11.3 Å². The smallest absolute Gasteiger partial charge is 0.194 e. The molecule has 0 aliphatic carbocycles. The Morgan fingerprint density at radius 1 is 1.83 bits per heavy atom. The van der Waals surface area contributed by atoms with Gasteiger partial charge in [0, 0.05) is 18.1 Å². The van der Waals surface area contributed by atoms with Crippen LogP contribution in [0.25, 0.3) is 0 Å². The number of nitrogens with zero attached hydrogens (tertiary/aromatic N) is 2. The van der Waals surface area contributed by atoms with Gasteiger partial charge in [0.2, 0.25) is 0 Å². The van der Waals surface area contributed by atoms with Crippen molar-refractivity contribution in [3.05, 3.63) is 11.6 Å². The first-order valence-corrected chi connectivity index (χ1v) is 4.67. The molecule has 0 spiro atoms. The maximum atomic E-state index is 5.56. The quantitative estimate of drug-likeness (QED) is 0.549. The Morgan fingerprint density at radius 3 is 3.25 bits per heavy atom. The third-order valence-corrected chi connectivity index (χ3v) is 1.86. The summed E-state index contributed by atoms with van der Waals surface area (Å²) in [5.41, 5.74) is 5.56. The molecule has 0 aliphatic heterocycles. The number of anilines is 1. The fraction of sp³-hybridized carbons (Fsp3) is 0.429. The maximum absolute atomic E-state index is 5.56. The Hall–Kier alpha value is -1.10. The number of aliphatic imine (C=N–C) groups is 1. The second-order valence-corrected chi connectivity index (χ2v) is 3.12. The summed E-state index contributed by atoms with van der Waals surface area (Å²) < 4.78 is 0. The standard InChI is InChI=1S/C7H12N4S/c1-2-3-9-6(8)11-7-10-4-5-12-7/h4-5H,2-3H2,1H3,(H3,8,9,10,11). The van der Waals surface area contributed by atoms with Crippen LogP contribution in [0.5, 0.6) is 0 Å². The van der Waals surface area contributed by atoms with E-state index in [4.69, 9.17) is 5.73 Å². The van der Waals surface area contributed by atoms with Crippen molar-refractivity contribution in [2.24, 2.45) is 10.7 Å². The summed E-state index contributed by atoms with van der Waals surface area (Å²) in [6, 6.07) is 0. The number of nitrogens with two attached hydrogens (primary N) is 1. The molecule has 1 aromatic heterocycles. The third kappa shape index (κ3) is 2.87. The highest BCUT2D eigenvalue weighted by Gasteiger charge is 1.94. The van der Waals surface area contributed by atoms with Crippen LogP contribution in [0.15, 0.2) is 16.6 Å². The zero-order chi connectivity index (χ0) is 8.81. The topological polar surface area (TPSA) is 63.3 Å². The number of hydrogen-bond acceptors (Lipinski definition) is 3. The van der Waals surface area contributed by atoms with Gasteiger partial charge in [0.05, 0.1) is 0 Å². The van der Waals surface area contributed by atoms with Gasteiger partial charge in [-0.25, -0.2) is 4.98 Å². The minimum absolute atomic E-state index is 0.437. The highest BCUT2D eigenvalue weighted by Crippen LogP contribution is 2.08. The molecule has 4 nitrogen and oxygen atoms in total. The van der Waals surface area contributed by atoms with Crippen molar-refractivity contribution in [2.45, 2.75) is 13.3 Å². The van der Waals surface area contributed by atoms with Crippen LogP contribution >= 0.6 is 11.3 Å². The molecule has 0 amide bonds. The molecule has 5 heteroatoms. The number of thiazole rings is 1. The Morgan fingerprint density at radius 2 is 2.67 bits per heavy atom. The lowest BCUT2D eigenvalue weighted by atomic mass is 10.5. The van der Waals surface area contributed by atoms with Gasteiger partial charge in [0.1, 0.15) is 0 Å². The lowest BCUT2D eigenvalue weighted by Crippen LogP contribution is -2.22. The van der Waals surface area contributed by atoms with Crippen LogP contribution in [0.4, 0.5) is 5.13 Å². The van der Waals surface area contributed by atoms with E-state index in [2.05, 4.69) is 22.2 Å². The van der Waals surface area contributed by atoms with Gasteiger partial charge in [-0.05, 0) is 6.42 Å². The molecule has 66 valence electrons. The van der Waals surface area contributed by atoms with Crippen molar-refractivity contribution in [1.82, 2.24) is 4.98 Å². The van der Waals surface area contributed by atoms with Gasteiger partial charge >= 0.3 is 0 Å². The van der Waals surface area contributed by atoms with E-state index < -0.39 is 0 Å². The van der Waals surface area contributed by atoms with Crippen molar-refractivity contribution >= 4 is 22.4 Å². The zero-order valence-electron chi connectivity index (χ0n) is 6.95. The minimum Gasteiger partial charge on any atom is -0.370 e. The van der Waals surface area contributed by atoms with E-state index >= 15 is 0 Å². The van der Waals surface area contributed by atoms with Crippen LogP contribution < -0.4 is 11.1 Å². The Labute approximate surface area is 75.5 Å². The molecule has 3 N–H and O–H groups in total. The number of rotatable bonds is 3. The van der Waals surface area contributed by atoms with Crippen LogP contribution in [0.3, 0.4) is 0 Å². The fourth-order valence-corrected chi connectivity index (χ4v) is 1.20. The van der Waals surface area contributed by atoms with E-state index in [1.54, 1.807) is 6.20 Å². The molecule has 0 fully saturated rings. The van der Waals surface area contributed by atoms with Gasteiger partial charge in [-0.3, -0.25) is 4.99 Å². The molecular formula is C7H12N4S. The van der Waals surface area contributed by atoms with Gasteiger partial charge < -0.3 is 11.1 Å². The van der Waals surface area contributed by atoms with Crippen LogP contribution in [-0.2, 0) is 0 Å². The highest BCUT2D eigenvalue weighted by molar-refractivity contribution is 7.13. The van der Waals surface area contributed by atoms with Crippen molar-refractivity contribution in [3.8, 4) is 0 Å². The normalized spacial score (nSPS) is 11.6. The second kappa shape index (κ2) is 4.71. The molecule has 0 aliphatic rings. The number of guanidine groups is 1. The predicted molar refractivity (Wildman–Crippen MR) is 52.5 cm³/mol. The lowest BCUT2D eigenvalue weighted by Gasteiger charge is -1.99. The minimum atomic E-state index is 0.437. The van der Waals surface area contributed by atoms with E-state index in [-0.39, 0.29) is 0 Å². The molecule has 1 rings (SSSR count). The molecule has 12 heavy (non-hydrogen) atoms. The van der Waals surface area contributed by atoms with Crippen molar-refractivity contribution in [2.75, 3.05) is 11.9 Å². The molecule has 1 aromatic rings. The summed E-state index contributed by atoms with van der Waals surface area (Å²) in [5, 5.41) is 5.56. The molecule has 0 radical (unpaired) electrons. The van der Waals surface area contributed by atoms with E-state index in [0.29, 0.717) is 5.96 Å². The molecule has 0 aromatic carbocycles. The van der Waals surface area contributed by atoms with E-state index in [0.717, 1.165) is 18.1 Å². The number of nitrogens with one attached hydrogen (secondary N) is 1. The predicted octanol–water partition coefficient (Wildman–Crippen LogP) is 1.28. The zero-order valence-corrected chi connectivity index (χ0v) is 7.77.